The highest BCUT2D eigenvalue weighted by molar-refractivity contribution is 6.37. The van der Waals surface area contributed by atoms with Crippen LogP contribution in [0.3, 0.4) is 0 Å². The smallest absolute Gasteiger partial charge is 0.161 e. The van der Waals surface area contributed by atoms with Gasteiger partial charge >= 0.3 is 0 Å². The summed E-state index contributed by atoms with van der Waals surface area (Å²) in [4.78, 5) is 8.86. The number of hydrazine groups is 1. The van der Waals surface area contributed by atoms with E-state index in [9.17, 15) is 0 Å². The highest BCUT2D eigenvalue weighted by atomic mass is 35.5. The number of nitrogen functional groups attached to an aromatic ring is 1. The second-order valence-electron chi connectivity index (χ2n) is 5.46. The molecule has 0 spiro atoms. The first kappa shape index (κ1) is 15.6. The van der Waals surface area contributed by atoms with Crippen molar-refractivity contribution in [3.8, 4) is 0 Å². The lowest BCUT2D eigenvalue weighted by atomic mass is 9.96. The molecule has 1 saturated heterocycles. The predicted octanol–water partition coefficient (Wildman–Crippen LogP) is 2.45. The van der Waals surface area contributed by atoms with E-state index in [1.165, 1.54) is 0 Å². The highest BCUT2D eigenvalue weighted by Crippen LogP contribution is 2.33. The standard InChI is InChI=1S/C13H21Cl2N5/c1-19(2)8-9-3-5-20(6-4-9)13-11(15)7-10(14)12(17-13)18-16/h7,9H,3-6,8,16H2,1-2H3,(H,17,18). The van der Waals surface area contributed by atoms with E-state index in [2.05, 4.69) is 34.3 Å². The molecule has 2 heterocycles. The molecule has 1 aromatic rings. The Balaban J connectivity index is 2.07. The Morgan fingerprint density at radius 1 is 1.35 bits per heavy atom. The van der Waals surface area contributed by atoms with Gasteiger partial charge < -0.3 is 15.2 Å². The van der Waals surface area contributed by atoms with Crippen LogP contribution in [0.2, 0.25) is 10.0 Å². The van der Waals surface area contributed by atoms with Crippen LogP contribution < -0.4 is 16.2 Å². The fraction of sp³-hybridized carbons (Fsp3) is 0.615. The van der Waals surface area contributed by atoms with Gasteiger partial charge in [0.05, 0.1) is 10.0 Å². The number of nitrogens with one attached hydrogen (secondary N) is 1. The fourth-order valence-corrected chi connectivity index (χ4v) is 3.16. The minimum atomic E-state index is 0.434. The van der Waals surface area contributed by atoms with Crippen molar-refractivity contribution in [3.05, 3.63) is 16.1 Å². The Hall–Kier alpha value is -0.750. The molecule has 7 heteroatoms. The van der Waals surface area contributed by atoms with Crippen LogP contribution in [0.1, 0.15) is 12.8 Å². The van der Waals surface area contributed by atoms with Gasteiger partial charge in [-0.2, -0.15) is 0 Å². The summed E-state index contributed by atoms with van der Waals surface area (Å²) in [6.45, 7) is 3.04. The maximum absolute atomic E-state index is 6.25. The fourth-order valence-electron chi connectivity index (χ4n) is 2.62. The Kier molecular flexibility index (Phi) is 5.32. The van der Waals surface area contributed by atoms with Gasteiger partial charge in [0.2, 0.25) is 0 Å². The van der Waals surface area contributed by atoms with Crippen molar-refractivity contribution in [3.63, 3.8) is 0 Å². The summed E-state index contributed by atoms with van der Waals surface area (Å²) in [5, 5.41) is 1.00. The molecular weight excluding hydrogens is 297 g/mol. The van der Waals surface area contributed by atoms with Crippen LogP contribution in [0.15, 0.2) is 6.07 Å². The molecule has 0 bridgehead atoms. The monoisotopic (exact) mass is 317 g/mol. The maximum atomic E-state index is 6.25. The van der Waals surface area contributed by atoms with E-state index in [1.807, 2.05) is 0 Å². The Morgan fingerprint density at radius 2 is 2.00 bits per heavy atom. The number of nitrogens with two attached hydrogens (primary N) is 1. The maximum Gasteiger partial charge on any atom is 0.161 e. The molecule has 0 aliphatic carbocycles. The average Bonchev–Trinajstić information content (AvgIpc) is 2.39. The number of piperidine rings is 1. The third-order valence-electron chi connectivity index (χ3n) is 3.59. The molecule has 0 amide bonds. The van der Waals surface area contributed by atoms with Crippen molar-refractivity contribution in [2.45, 2.75) is 12.8 Å². The molecule has 0 atom stereocenters. The van der Waals surface area contributed by atoms with E-state index in [-0.39, 0.29) is 0 Å². The van der Waals surface area contributed by atoms with Gasteiger partial charge in [-0.3, -0.25) is 0 Å². The van der Waals surface area contributed by atoms with Crippen molar-refractivity contribution in [2.24, 2.45) is 11.8 Å². The van der Waals surface area contributed by atoms with E-state index in [4.69, 9.17) is 29.0 Å². The summed E-state index contributed by atoms with van der Waals surface area (Å²) in [5.41, 5.74) is 2.50. The molecule has 1 fully saturated rings. The summed E-state index contributed by atoms with van der Waals surface area (Å²) in [5.74, 6) is 7.36. The number of rotatable bonds is 4. The van der Waals surface area contributed by atoms with Gasteiger partial charge in [-0.05, 0) is 38.9 Å². The van der Waals surface area contributed by atoms with Crippen molar-refractivity contribution < 1.29 is 0 Å². The zero-order valence-corrected chi connectivity index (χ0v) is 13.4. The number of halogens is 2. The highest BCUT2D eigenvalue weighted by Gasteiger charge is 2.23. The lowest BCUT2D eigenvalue weighted by molar-refractivity contribution is 0.284. The van der Waals surface area contributed by atoms with E-state index < -0.39 is 0 Å². The summed E-state index contributed by atoms with van der Waals surface area (Å²) in [7, 11) is 4.23. The lowest BCUT2D eigenvalue weighted by Crippen LogP contribution is -2.37. The van der Waals surface area contributed by atoms with Gasteiger partial charge in [-0.25, -0.2) is 10.8 Å². The number of hydrogen-bond donors (Lipinski definition) is 2. The third kappa shape index (κ3) is 3.67. The van der Waals surface area contributed by atoms with Crippen LogP contribution in [0, 0.1) is 5.92 Å². The quantitative estimate of drug-likeness (QED) is 0.660. The van der Waals surface area contributed by atoms with Crippen LogP contribution in [-0.4, -0.2) is 43.6 Å². The zero-order valence-electron chi connectivity index (χ0n) is 11.9. The molecule has 20 heavy (non-hydrogen) atoms. The summed E-state index contributed by atoms with van der Waals surface area (Å²) >= 11 is 12.3. The number of hydrogen-bond acceptors (Lipinski definition) is 5. The Morgan fingerprint density at radius 3 is 2.55 bits per heavy atom. The normalized spacial score (nSPS) is 16.8. The average molecular weight is 318 g/mol. The van der Waals surface area contributed by atoms with Gasteiger partial charge in [-0.1, -0.05) is 23.2 Å². The van der Waals surface area contributed by atoms with Crippen LogP contribution in [0.4, 0.5) is 11.6 Å². The lowest BCUT2D eigenvalue weighted by Gasteiger charge is -2.34. The minimum Gasteiger partial charge on any atom is -0.355 e. The third-order valence-corrected chi connectivity index (χ3v) is 4.15. The predicted molar refractivity (Wildman–Crippen MR) is 85.6 cm³/mol. The number of aromatic nitrogens is 1. The zero-order chi connectivity index (χ0) is 14.7. The van der Waals surface area contributed by atoms with Crippen molar-refractivity contribution in [2.75, 3.05) is 44.1 Å². The topological polar surface area (TPSA) is 57.4 Å². The summed E-state index contributed by atoms with van der Waals surface area (Å²) in [6, 6.07) is 1.69. The van der Waals surface area contributed by atoms with E-state index in [1.54, 1.807) is 6.07 Å². The van der Waals surface area contributed by atoms with Crippen molar-refractivity contribution in [1.29, 1.82) is 0 Å². The van der Waals surface area contributed by atoms with Crippen molar-refractivity contribution >= 4 is 34.8 Å². The number of nitrogens with zero attached hydrogens (tertiary/aromatic N) is 3. The molecule has 0 radical (unpaired) electrons. The molecule has 0 saturated carbocycles. The van der Waals surface area contributed by atoms with E-state index in [0.717, 1.165) is 44.2 Å². The second-order valence-corrected chi connectivity index (χ2v) is 6.28. The van der Waals surface area contributed by atoms with Gasteiger partial charge in [-0.15, -0.1) is 0 Å². The van der Waals surface area contributed by atoms with Crippen molar-refractivity contribution in [1.82, 2.24) is 9.88 Å². The first-order valence-electron chi connectivity index (χ1n) is 6.73. The van der Waals surface area contributed by atoms with Crippen LogP contribution in [0.25, 0.3) is 0 Å². The van der Waals surface area contributed by atoms with E-state index >= 15 is 0 Å². The molecule has 1 aliphatic rings. The first-order valence-corrected chi connectivity index (χ1v) is 7.49. The van der Waals surface area contributed by atoms with Gasteiger partial charge in [0, 0.05) is 19.6 Å². The largest absolute Gasteiger partial charge is 0.355 e. The van der Waals surface area contributed by atoms with E-state index in [0.29, 0.717) is 15.9 Å². The summed E-state index contributed by atoms with van der Waals surface area (Å²) in [6.07, 6.45) is 2.29. The molecule has 112 valence electrons. The Labute approximate surface area is 130 Å². The summed E-state index contributed by atoms with van der Waals surface area (Å²) < 4.78 is 0. The molecule has 0 unspecified atom stereocenters. The number of pyridine rings is 1. The number of anilines is 2. The molecular formula is C13H21Cl2N5. The van der Waals surface area contributed by atoms with Gasteiger partial charge in [0.15, 0.2) is 5.82 Å². The van der Waals surface area contributed by atoms with Crippen LogP contribution in [0.5, 0.6) is 0 Å². The molecule has 1 aromatic heterocycles. The van der Waals surface area contributed by atoms with Crippen LogP contribution >= 0.6 is 23.2 Å². The molecule has 1 aliphatic heterocycles. The second kappa shape index (κ2) is 6.80. The van der Waals surface area contributed by atoms with Gasteiger partial charge in [0.25, 0.3) is 0 Å². The Bertz CT molecular complexity index is 458. The molecule has 2 rings (SSSR count). The molecule has 0 aromatic carbocycles. The molecule has 5 nitrogen and oxygen atoms in total. The SMILES string of the molecule is CN(C)CC1CCN(c2nc(NN)c(Cl)cc2Cl)CC1. The van der Waals surface area contributed by atoms with Crippen LogP contribution in [-0.2, 0) is 0 Å². The molecule has 3 N–H and O–H groups in total. The minimum absolute atomic E-state index is 0.434. The van der Waals surface area contributed by atoms with Gasteiger partial charge in [0.1, 0.15) is 5.82 Å². The first-order chi connectivity index (χ1) is 9.51.